The first-order chi connectivity index (χ1) is 11.6. The van der Waals surface area contributed by atoms with Gasteiger partial charge in [0.1, 0.15) is 5.75 Å². The average Bonchev–Trinajstić information content (AvgIpc) is 2.99. The van der Waals surface area contributed by atoms with Crippen LogP contribution in [0.15, 0.2) is 29.4 Å². The quantitative estimate of drug-likeness (QED) is 0.554. The van der Waals surface area contributed by atoms with Crippen molar-refractivity contribution in [1.29, 1.82) is 0 Å². The molecule has 2 rings (SSSR count). The summed E-state index contributed by atoms with van der Waals surface area (Å²) in [5.41, 5.74) is 6.66. The third-order valence-corrected chi connectivity index (χ3v) is 4.89. The van der Waals surface area contributed by atoms with Gasteiger partial charge in [-0.2, -0.15) is 0 Å². The molecule has 132 valence electrons. The Hall–Kier alpha value is -1.57. The molecule has 7 heteroatoms. The van der Waals surface area contributed by atoms with Crippen LogP contribution in [0.3, 0.4) is 0 Å². The monoisotopic (exact) mass is 349 g/mol. The molecule has 24 heavy (non-hydrogen) atoms. The topological polar surface area (TPSA) is 69.2 Å². The lowest BCUT2D eigenvalue weighted by atomic mass is 10.2. The maximum absolute atomic E-state index is 5.61. The molecule has 0 radical (unpaired) electrons. The van der Waals surface area contributed by atoms with E-state index in [1.54, 1.807) is 18.9 Å². The summed E-state index contributed by atoms with van der Waals surface area (Å²) in [6, 6.07) is 8.22. The number of nitrogens with two attached hydrogens (primary N) is 1. The maximum atomic E-state index is 5.61. The van der Waals surface area contributed by atoms with Gasteiger partial charge < -0.3 is 10.5 Å². The Morgan fingerprint density at radius 2 is 1.96 bits per heavy atom. The molecule has 6 nitrogen and oxygen atoms in total. The second-order valence-electron chi connectivity index (χ2n) is 5.75. The van der Waals surface area contributed by atoms with E-state index in [1.165, 1.54) is 0 Å². The van der Waals surface area contributed by atoms with E-state index in [-0.39, 0.29) is 6.04 Å². The number of rotatable bonds is 9. The average molecular weight is 350 g/mol. The first-order valence-corrected chi connectivity index (χ1v) is 9.20. The minimum absolute atomic E-state index is 0.212. The fourth-order valence-corrected chi connectivity index (χ4v) is 3.51. The Morgan fingerprint density at radius 1 is 1.25 bits per heavy atom. The van der Waals surface area contributed by atoms with Gasteiger partial charge in [0.05, 0.1) is 13.2 Å². The number of hydrogen-bond donors (Lipinski definition) is 1. The fourth-order valence-electron chi connectivity index (χ4n) is 2.59. The van der Waals surface area contributed by atoms with Crippen LogP contribution in [0, 0.1) is 0 Å². The smallest absolute Gasteiger partial charge is 0.195 e. The highest BCUT2D eigenvalue weighted by Gasteiger charge is 2.23. The van der Waals surface area contributed by atoms with Crippen LogP contribution in [0.4, 0.5) is 0 Å². The van der Waals surface area contributed by atoms with Gasteiger partial charge in [-0.15, -0.1) is 10.2 Å². The highest BCUT2D eigenvalue weighted by Crippen LogP contribution is 2.29. The summed E-state index contributed by atoms with van der Waals surface area (Å²) in [5.74, 6) is 2.73. The van der Waals surface area contributed by atoms with E-state index in [0.29, 0.717) is 6.54 Å². The van der Waals surface area contributed by atoms with Crippen molar-refractivity contribution >= 4 is 11.8 Å². The van der Waals surface area contributed by atoms with Crippen LogP contribution in [0.1, 0.15) is 31.6 Å². The Kier molecular flexibility index (Phi) is 7.08. The van der Waals surface area contributed by atoms with Gasteiger partial charge in [0.15, 0.2) is 11.0 Å². The fraction of sp³-hybridized carbons (Fsp3) is 0.529. The Balaban J connectivity index is 2.43. The molecule has 1 aromatic heterocycles. The van der Waals surface area contributed by atoms with Gasteiger partial charge in [-0.3, -0.25) is 9.47 Å². The van der Waals surface area contributed by atoms with Gasteiger partial charge >= 0.3 is 0 Å². The van der Waals surface area contributed by atoms with Gasteiger partial charge in [0.2, 0.25) is 0 Å². The maximum Gasteiger partial charge on any atom is 0.195 e. The lowest BCUT2D eigenvalue weighted by Crippen LogP contribution is -2.22. The molecule has 0 unspecified atom stereocenters. The van der Waals surface area contributed by atoms with Gasteiger partial charge in [-0.1, -0.05) is 18.7 Å². The number of thioether (sulfide) groups is 1. The lowest BCUT2D eigenvalue weighted by molar-refractivity contribution is 0.276. The molecule has 0 spiro atoms. The standard InChI is InChI=1S/C17H27N5OS/c1-5-15(21(2)3)16-19-20-17(24-12-6-11-18)22(16)13-7-9-14(23-4)10-8-13/h7-10,15H,5-6,11-12,18H2,1-4H3/t15-/m0/s1. The van der Waals surface area contributed by atoms with Crippen LogP contribution in [0.2, 0.25) is 0 Å². The zero-order valence-corrected chi connectivity index (χ0v) is 15.7. The van der Waals surface area contributed by atoms with Gasteiger partial charge in [-0.05, 0) is 57.7 Å². The minimum Gasteiger partial charge on any atom is -0.497 e. The molecule has 2 N–H and O–H groups in total. The summed E-state index contributed by atoms with van der Waals surface area (Å²) < 4.78 is 7.41. The van der Waals surface area contributed by atoms with Crippen molar-refractivity contribution in [3.05, 3.63) is 30.1 Å². The first-order valence-electron chi connectivity index (χ1n) is 8.21. The minimum atomic E-state index is 0.212. The van der Waals surface area contributed by atoms with Crippen molar-refractivity contribution in [2.45, 2.75) is 31.0 Å². The van der Waals surface area contributed by atoms with Gasteiger partial charge in [0, 0.05) is 11.4 Å². The molecule has 1 atom stereocenters. The molecule has 0 aliphatic heterocycles. The summed E-state index contributed by atoms with van der Waals surface area (Å²) in [5, 5.41) is 9.84. The van der Waals surface area contributed by atoms with Crippen LogP contribution in [0.5, 0.6) is 5.75 Å². The normalized spacial score (nSPS) is 12.6. The summed E-state index contributed by atoms with van der Waals surface area (Å²) in [7, 11) is 5.82. The van der Waals surface area contributed by atoms with E-state index >= 15 is 0 Å². The summed E-state index contributed by atoms with van der Waals surface area (Å²) in [4.78, 5) is 2.18. The first kappa shape index (κ1) is 18.8. The zero-order chi connectivity index (χ0) is 17.5. The largest absolute Gasteiger partial charge is 0.497 e. The molecule has 0 fully saturated rings. The highest BCUT2D eigenvalue weighted by molar-refractivity contribution is 7.99. The third-order valence-electron chi connectivity index (χ3n) is 3.88. The van der Waals surface area contributed by atoms with E-state index in [0.717, 1.165) is 41.0 Å². The molecule has 0 saturated heterocycles. The van der Waals surface area contributed by atoms with Crippen LogP contribution >= 0.6 is 11.8 Å². The van der Waals surface area contributed by atoms with E-state index in [2.05, 4.69) is 40.7 Å². The number of methoxy groups -OCH3 is 1. The van der Waals surface area contributed by atoms with Crippen molar-refractivity contribution < 1.29 is 4.74 Å². The molecule has 0 saturated carbocycles. The third kappa shape index (κ3) is 4.28. The molecule has 0 bridgehead atoms. The van der Waals surface area contributed by atoms with Crippen LogP contribution in [-0.4, -0.2) is 53.2 Å². The van der Waals surface area contributed by atoms with Crippen molar-refractivity contribution in [2.24, 2.45) is 5.73 Å². The molecule has 0 amide bonds. The molecule has 2 aromatic rings. The predicted molar refractivity (Wildman–Crippen MR) is 99.0 cm³/mol. The van der Waals surface area contributed by atoms with Crippen molar-refractivity contribution in [3.63, 3.8) is 0 Å². The Labute approximate surface area is 148 Å². The van der Waals surface area contributed by atoms with E-state index in [1.807, 2.05) is 24.3 Å². The van der Waals surface area contributed by atoms with Gasteiger partial charge in [0.25, 0.3) is 0 Å². The molecule has 0 aliphatic carbocycles. The van der Waals surface area contributed by atoms with E-state index < -0.39 is 0 Å². The second kappa shape index (κ2) is 9.05. The zero-order valence-electron chi connectivity index (χ0n) is 14.9. The molecular weight excluding hydrogens is 322 g/mol. The Bertz CT molecular complexity index is 626. The number of ether oxygens (including phenoxy) is 1. The van der Waals surface area contributed by atoms with Crippen LogP contribution < -0.4 is 10.5 Å². The SMILES string of the molecule is CC[C@@H](c1nnc(SCCCN)n1-c1ccc(OC)cc1)N(C)C. The number of hydrogen-bond acceptors (Lipinski definition) is 6. The predicted octanol–water partition coefficient (Wildman–Crippen LogP) is 2.73. The second-order valence-corrected chi connectivity index (χ2v) is 6.81. The number of benzene rings is 1. The van der Waals surface area contributed by atoms with E-state index in [9.17, 15) is 0 Å². The number of aromatic nitrogens is 3. The number of nitrogens with zero attached hydrogens (tertiary/aromatic N) is 4. The summed E-state index contributed by atoms with van der Waals surface area (Å²) in [6.07, 6.45) is 1.93. The Morgan fingerprint density at radius 3 is 2.50 bits per heavy atom. The van der Waals surface area contributed by atoms with Crippen LogP contribution in [0.25, 0.3) is 5.69 Å². The molecular formula is C17H27N5OS. The molecule has 0 aliphatic rings. The van der Waals surface area contributed by atoms with Crippen LogP contribution in [-0.2, 0) is 0 Å². The van der Waals surface area contributed by atoms with E-state index in [4.69, 9.17) is 10.5 Å². The van der Waals surface area contributed by atoms with Gasteiger partial charge in [-0.25, -0.2) is 0 Å². The van der Waals surface area contributed by atoms with Crippen molar-refractivity contribution in [3.8, 4) is 11.4 Å². The molecule has 1 heterocycles. The summed E-state index contributed by atoms with van der Waals surface area (Å²) in [6.45, 7) is 2.85. The molecule has 1 aromatic carbocycles. The van der Waals surface area contributed by atoms with Crippen molar-refractivity contribution in [1.82, 2.24) is 19.7 Å². The summed E-state index contributed by atoms with van der Waals surface area (Å²) >= 11 is 1.70. The highest BCUT2D eigenvalue weighted by atomic mass is 32.2. The van der Waals surface area contributed by atoms with Crippen molar-refractivity contribution in [2.75, 3.05) is 33.5 Å². The lowest BCUT2D eigenvalue weighted by Gasteiger charge is -2.23.